The zero-order valence-electron chi connectivity index (χ0n) is 13.3. The van der Waals surface area contributed by atoms with E-state index in [0.717, 1.165) is 18.5 Å². The number of anilines is 1. The Bertz CT molecular complexity index is 634. The topological polar surface area (TPSA) is 63.3 Å². The van der Waals surface area contributed by atoms with Gasteiger partial charge in [-0.15, -0.1) is 24.0 Å². The van der Waals surface area contributed by atoms with Crippen LogP contribution in [0.15, 0.2) is 41.5 Å². The first-order valence-electron chi connectivity index (χ1n) is 7.42. The molecule has 0 fully saturated rings. The molecule has 1 aromatic carbocycles. The molecule has 0 aliphatic carbocycles. The van der Waals surface area contributed by atoms with Crippen molar-refractivity contribution in [1.82, 2.24) is 4.98 Å². The van der Waals surface area contributed by atoms with Gasteiger partial charge in [-0.05, 0) is 36.1 Å². The molecule has 0 amide bonds. The maximum Gasteiger partial charge on any atom is 0.193 e. The fourth-order valence-electron chi connectivity index (χ4n) is 2.24. The average Bonchev–Trinajstić information content (AvgIpc) is 2.54. The number of aliphatic imine (C=N–C) groups is 1. The number of aryl methyl sites for hydroxylation is 2. The van der Waals surface area contributed by atoms with Crippen LogP contribution in [0.5, 0.6) is 0 Å². The Morgan fingerprint density at radius 1 is 1.17 bits per heavy atom. The summed E-state index contributed by atoms with van der Waals surface area (Å²) in [5.41, 5.74) is 10.1. The lowest BCUT2D eigenvalue weighted by atomic mass is 10.0. The van der Waals surface area contributed by atoms with Crippen LogP contribution in [0.3, 0.4) is 0 Å². The fourth-order valence-corrected chi connectivity index (χ4v) is 2.24. The smallest absolute Gasteiger partial charge is 0.193 e. The van der Waals surface area contributed by atoms with Gasteiger partial charge < -0.3 is 11.1 Å². The predicted octanol–water partition coefficient (Wildman–Crippen LogP) is 3.89. The summed E-state index contributed by atoms with van der Waals surface area (Å²) in [4.78, 5) is 8.23. The number of halogens is 2. The molecule has 0 spiro atoms. The maximum atomic E-state index is 12.8. The Balaban J connectivity index is 0.00000264. The highest BCUT2D eigenvalue weighted by Crippen LogP contribution is 2.22. The second kappa shape index (κ2) is 9.44. The summed E-state index contributed by atoms with van der Waals surface area (Å²) in [7, 11) is 0. The molecular weight excluding hydrogens is 406 g/mol. The number of hydrogen-bond acceptors (Lipinski definition) is 2. The van der Waals surface area contributed by atoms with Gasteiger partial charge in [0.15, 0.2) is 5.96 Å². The highest BCUT2D eigenvalue weighted by atomic mass is 127. The Labute approximate surface area is 153 Å². The summed E-state index contributed by atoms with van der Waals surface area (Å²) in [6.07, 6.45) is 3.02. The van der Waals surface area contributed by atoms with Crippen LogP contribution in [-0.4, -0.2) is 10.9 Å². The second-order valence-electron chi connectivity index (χ2n) is 4.95. The number of nitrogens with two attached hydrogens (primary N) is 1. The molecule has 0 bridgehead atoms. The lowest BCUT2D eigenvalue weighted by Gasteiger charge is -2.14. The van der Waals surface area contributed by atoms with Crippen LogP contribution in [-0.2, 0) is 19.4 Å². The number of hydrogen-bond donors (Lipinski definition) is 2. The number of rotatable bonds is 5. The molecule has 0 radical (unpaired) electrons. The molecule has 1 aromatic heterocycles. The predicted molar refractivity (Wildman–Crippen MR) is 104 cm³/mol. The molecule has 124 valence electrons. The number of benzene rings is 1. The quantitative estimate of drug-likeness (QED) is 0.432. The van der Waals surface area contributed by atoms with E-state index in [0.29, 0.717) is 18.2 Å². The third kappa shape index (κ3) is 5.46. The van der Waals surface area contributed by atoms with Crippen molar-refractivity contribution in [2.75, 3.05) is 5.32 Å². The summed E-state index contributed by atoms with van der Waals surface area (Å²) < 4.78 is 12.8. The SMILES string of the molecule is CCc1cccc(CC)c1NC(N)=NCc1ccc(F)cn1.I. The maximum absolute atomic E-state index is 12.8. The molecule has 0 aliphatic heterocycles. The molecule has 0 atom stereocenters. The van der Waals surface area contributed by atoms with Gasteiger partial charge in [-0.2, -0.15) is 0 Å². The van der Waals surface area contributed by atoms with Gasteiger partial charge in [-0.25, -0.2) is 9.38 Å². The molecule has 2 rings (SSSR count). The molecule has 6 heteroatoms. The lowest BCUT2D eigenvalue weighted by molar-refractivity contribution is 0.619. The first kappa shape index (κ1) is 19.3. The van der Waals surface area contributed by atoms with Gasteiger partial charge in [-0.3, -0.25) is 4.98 Å². The normalized spacial score (nSPS) is 11.0. The molecule has 0 saturated carbocycles. The van der Waals surface area contributed by atoms with E-state index in [1.54, 1.807) is 6.07 Å². The molecule has 1 heterocycles. The number of nitrogens with zero attached hydrogens (tertiary/aromatic N) is 2. The molecule has 0 aliphatic rings. The third-order valence-electron chi connectivity index (χ3n) is 3.45. The second-order valence-corrected chi connectivity index (χ2v) is 4.95. The summed E-state index contributed by atoms with van der Waals surface area (Å²) in [6.45, 7) is 4.53. The molecule has 2 aromatic rings. The van der Waals surface area contributed by atoms with Gasteiger partial charge in [0, 0.05) is 5.69 Å². The van der Waals surface area contributed by atoms with Crippen molar-refractivity contribution >= 4 is 35.6 Å². The first-order valence-corrected chi connectivity index (χ1v) is 7.42. The molecular formula is C17H22FIN4. The minimum absolute atomic E-state index is 0. The van der Waals surface area contributed by atoms with Crippen molar-refractivity contribution < 1.29 is 4.39 Å². The van der Waals surface area contributed by atoms with Crippen LogP contribution in [0, 0.1) is 5.82 Å². The van der Waals surface area contributed by atoms with E-state index in [9.17, 15) is 4.39 Å². The average molecular weight is 428 g/mol. The van der Waals surface area contributed by atoms with E-state index in [1.165, 1.54) is 23.4 Å². The van der Waals surface area contributed by atoms with Gasteiger partial charge in [0.1, 0.15) is 5.82 Å². The lowest BCUT2D eigenvalue weighted by Crippen LogP contribution is -2.24. The van der Waals surface area contributed by atoms with E-state index in [-0.39, 0.29) is 29.8 Å². The van der Waals surface area contributed by atoms with Gasteiger partial charge >= 0.3 is 0 Å². The number of nitrogens with one attached hydrogen (secondary N) is 1. The van der Waals surface area contributed by atoms with E-state index in [1.807, 2.05) is 0 Å². The standard InChI is InChI=1S/C17H21FN4.HI/c1-3-12-6-5-7-13(4-2)16(12)22-17(19)21-11-15-9-8-14(18)10-20-15;/h5-10H,3-4,11H2,1-2H3,(H3,19,21,22);1H. The van der Waals surface area contributed by atoms with Crippen molar-refractivity contribution in [2.45, 2.75) is 33.2 Å². The molecule has 0 unspecified atom stereocenters. The molecule has 4 nitrogen and oxygen atoms in total. The van der Waals surface area contributed by atoms with Crippen LogP contribution in [0.1, 0.15) is 30.7 Å². The van der Waals surface area contributed by atoms with Crippen molar-refractivity contribution in [3.05, 3.63) is 59.2 Å². The van der Waals surface area contributed by atoms with E-state index >= 15 is 0 Å². The van der Waals surface area contributed by atoms with Crippen molar-refractivity contribution in [3.8, 4) is 0 Å². The van der Waals surface area contributed by atoms with Gasteiger partial charge in [0.05, 0.1) is 18.4 Å². The summed E-state index contributed by atoms with van der Waals surface area (Å²) in [5, 5.41) is 3.19. The van der Waals surface area contributed by atoms with Gasteiger partial charge in [0.2, 0.25) is 0 Å². The van der Waals surface area contributed by atoms with Crippen molar-refractivity contribution in [2.24, 2.45) is 10.7 Å². The van der Waals surface area contributed by atoms with E-state index in [4.69, 9.17) is 5.73 Å². The minimum Gasteiger partial charge on any atom is -0.370 e. The Morgan fingerprint density at radius 3 is 2.35 bits per heavy atom. The van der Waals surface area contributed by atoms with Crippen LogP contribution in [0.25, 0.3) is 0 Å². The molecule has 3 N–H and O–H groups in total. The fraction of sp³-hybridized carbons (Fsp3) is 0.294. The highest BCUT2D eigenvalue weighted by Gasteiger charge is 2.07. The van der Waals surface area contributed by atoms with Crippen molar-refractivity contribution in [1.29, 1.82) is 0 Å². The Hall–Kier alpha value is -1.70. The summed E-state index contributed by atoms with van der Waals surface area (Å²) >= 11 is 0. The summed E-state index contributed by atoms with van der Waals surface area (Å²) in [6, 6.07) is 9.18. The molecule has 0 saturated heterocycles. The van der Waals surface area contributed by atoms with E-state index in [2.05, 4.69) is 47.3 Å². The van der Waals surface area contributed by atoms with Crippen LogP contribution >= 0.6 is 24.0 Å². The van der Waals surface area contributed by atoms with Crippen molar-refractivity contribution in [3.63, 3.8) is 0 Å². The highest BCUT2D eigenvalue weighted by molar-refractivity contribution is 14.0. The Kier molecular flexibility index (Phi) is 7.94. The number of para-hydroxylation sites is 1. The van der Waals surface area contributed by atoms with Crippen LogP contribution < -0.4 is 11.1 Å². The first-order chi connectivity index (χ1) is 10.6. The third-order valence-corrected chi connectivity index (χ3v) is 3.45. The van der Waals surface area contributed by atoms with E-state index < -0.39 is 0 Å². The zero-order valence-corrected chi connectivity index (χ0v) is 15.7. The van der Waals surface area contributed by atoms with Crippen LogP contribution in [0.2, 0.25) is 0 Å². The van der Waals surface area contributed by atoms with Gasteiger partial charge in [-0.1, -0.05) is 32.0 Å². The largest absolute Gasteiger partial charge is 0.370 e. The molecule has 23 heavy (non-hydrogen) atoms. The van der Waals surface area contributed by atoms with Gasteiger partial charge in [0.25, 0.3) is 0 Å². The summed E-state index contributed by atoms with van der Waals surface area (Å²) in [5.74, 6) is -0.0231. The number of aromatic nitrogens is 1. The van der Waals surface area contributed by atoms with Crippen LogP contribution in [0.4, 0.5) is 10.1 Å². The monoisotopic (exact) mass is 428 g/mol. The number of guanidine groups is 1. The minimum atomic E-state index is -0.358. The zero-order chi connectivity index (χ0) is 15.9. The Morgan fingerprint density at radius 2 is 1.83 bits per heavy atom. The number of pyridine rings is 1.